The van der Waals surface area contributed by atoms with Gasteiger partial charge in [0.2, 0.25) is 0 Å². The fourth-order valence-electron chi connectivity index (χ4n) is 1.83. The van der Waals surface area contributed by atoms with Crippen LogP contribution < -0.4 is 5.32 Å². The summed E-state index contributed by atoms with van der Waals surface area (Å²) >= 11 is 0. The average molecular weight is 253 g/mol. The molecule has 0 fully saturated rings. The summed E-state index contributed by atoms with van der Waals surface area (Å²) in [4.78, 5) is 0. The fraction of sp³-hybridized carbons (Fsp3) is 0.600. The van der Waals surface area contributed by atoms with Crippen LogP contribution in [-0.4, -0.2) is 18.3 Å². The Labute approximate surface area is 109 Å². The molecule has 1 aromatic carbocycles. The van der Waals surface area contributed by atoms with E-state index in [4.69, 9.17) is 5.11 Å². The second-order valence-electron chi connectivity index (χ2n) is 5.65. The minimum Gasteiger partial charge on any atom is -0.396 e. The molecular weight excluding hydrogens is 229 g/mol. The molecular formula is C15H24FNO. The predicted octanol–water partition coefficient (Wildman–Crippen LogP) is 3.28. The van der Waals surface area contributed by atoms with Gasteiger partial charge < -0.3 is 10.4 Å². The van der Waals surface area contributed by atoms with Crippen LogP contribution in [0.2, 0.25) is 0 Å². The average Bonchev–Trinajstić information content (AvgIpc) is 2.35. The van der Waals surface area contributed by atoms with Gasteiger partial charge in [-0.3, -0.25) is 0 Å². The topological polar surface area (TPSA) is 32.3 Å². The molecule has 0 radical (unpaired) electrons. The maximum Gasteiger partial charge on any atom is 0.123 e. The van der Waals surface area contributed by atoms with E-state index in [0.29, 0.717) is 0 Å². The number of aliphatic hydroxyl groups excluding tert-OH is 1. The Kier molecular flexibility index (Phi) is 5.76. The first-order valence-corrected chi connectivity index (χ1v) is 6.54. The van der Waals surface area contributed by atoms with Gasteiger partial charge in [0.15, 0.2) is 0 Å². The highest BCUT2D eigenvalue weighted by molar-refractivity contribution is 5.19. The molecule has 0 bridgehead atoms. The molecule has 18 heavy (non-hydrogen) atoms. The van der Waals surface area contributed by atoms with Crippen molar-refractivity contribution in [3.63, 3.8) is 0 Å². The first-order valence-electron chi connectivity index (χ1n) is 6.54. The van der Waals surface area contributed by atoms with Crippen molar-refractivity contribution in [3.05, 3.63) is 35.6 Å². The lowest BCUT2D eigenvalue weighted by Gasteiger charge is -2.22. The minimum absolute atomic E-state index is 0.000787. The third-order valence-corrected chi connectivity index (χ3v) is 3.28. The normalized spacial score (nSPS) is 13.6. The lowest BCUT2D eigenvalue weighted by Crippen LogP contribution is -2.23. The van der Waals surface area contributed by atoms with Crippen molar-refractivity contribution in [3.8, 4) is 0 Å². The first kappa shape index (κ1) is 15.1. The Morgan fingerprint density at radius 3 is 2.44 bits per heavy atom. The monoisotopic (exact) mass is 253 g/mol. The standard InChI is InChI=1S/C15H24FNO/c1-12(13-5-7-14(16)8-6-13)17-10-4-9-15(2,3)11-18/h5-8,12,17-18H,4,9-11H2,1-3H3. The van der Waals surface area contributed by atoms with Gasteiger partial charge in [-0.25, -0.2) is 4.39 Å². The summed E-state index contributed by atoms with van der Waals surface area (Å²) in [6, 6.07) is 6.82. The largest absolute Gasteiger partial charge is 0.396 e. The molecule has 0 aliphatic rings. The van der Waals surface area contributed by atoms with Gasteiger partial charge >= 0.3 is 0 Å². The number of hydrogen-bond donors (Lipinski definition) is 2. The third kappa shape index (κ3) is 5.15. The summed E-state index contributed by atoms with van der Waals surface area (Å²) in [5.74, 6) is -0.198. The number of halogens is 1. The lowest BCUT2D eigenvalue weighted by atomic mass is 9.89. The smallest absolute Gasteiger partial charge is 0.123 e. The Morgan fingerprint density at radius 1 is 1.28 bits per heavy atom. The van der Waals surface area contributed by atoms with Crippen LogP contribution in [0, 0.1) is 11.2 Å². The van der Waals surface area contributed by atoms with E-state index >= 15 is 0 Å². The predicted molar refractivity (Wildman–Crippen MR) is 72.9 cm³/mol. The highest BCUT2D eigenvalue weighted by Crippen LogP contribution is 2.21. The van der Waals surface area contributed by atoms with Crippen LogP contribution >= 0.6 is 0 Å². The van der Waals surface area contributed by atoms with E-state index in [1.165, 1.54) is 12.1 Å². The Morgan fingerprint density at radius 2 is 1.89 bits per heavy atom. The maximum absolute atomic E-state index is 12.8. The molecule has 0 heterocycles. The Hall–Kier alpha value is -0.930. The summed E-state index contributed by atoms with van der Waals surface area (Å²) in [5, 5.41) is 12.6. The van der Waals surface area contributed by atoms with Gasteiger partial charge in [-0.05, 0) is 49.4 Å². The molecule has 0 aromatic heterocycles. The molecule has 0 saturated heterocycles. The van der Waals surface area contributed by atoms with Gasteiger partial charge in [0.25, 0.3) is 0 Å². The van der Waals surface area contributed by atoms with Crippen LogP contribution in [0.1, 0.15) is 45.2 Å². The molecule has 1 aromatic rings. The number of rotatable bonds is 7. The summed E-state index contributed by atoms with van der Waals surface area (Å²) in [6.07, 6.45) is 2.02. The zero-order chi connectivity index (χ0) is 13.6. The summed E-state index contributed by atoms with van der Waals surface area (Å²) in [7, 11) is 0. The zero-order valence-electron chi connectivity index (χ0n) is 11.5. The van der Waals surface area contributed by atoms with Gasteiger partial charge in [-0.1, -0.05) is 26.0 Å². The molecule has 0 amide bonds. The van der Waals surface area contributed by atoms with Crippen molar-refractivity contribution < 1.29 is 9.50 Å². The molecule has 2 N–H and O–H groups in total. The summed E-state index contributed by atoms with van der Waals surface area (Å²) in [5.41, 5.74) is 1.10. The minimum atomic E-state index is -0.198. The van der Waals surface area contributed by atoms with E-state index in [1.807, 2.05) is 12.1 Å². The van der Waals surface area contributed by atoms with Gasteiger partial charge in [0, 0.05) is 12.6 Å². The molecule has 0 aliphatic heterocycles. The fourth-order valence-corrected chi connectivity index (χ4v) is 1.83. The second-order valence-corrected chi connectivity index (χ2v) is 5.65. The van der Waals surface area contributed by atoms with Gasteiger partial charge in [-0.2, -0.15) is 0 Å². The SMILES string of the molecule is CC(NCCCC(C)(C)CO)c1ccc(F)cc1. The first-order chi connectivity index (χ1) is 8.44. The van der Waals surface area contributed by atoms with Crippen molar-refractivity contribution >= 4 is 0 Å². The summed E-state index contributed by atoms with van der Waals surface area (Å²) in [6.45, 7) is 7.33. The number of nitrogens with one attached hydrogen (secondary N) is 1. The van der Waals surface area contributed by atoms with Crippen molar-refractivity contribution in [2.45, 2.75) is 39.7 Å². The molecule has 0 saturated carbocycles. The third-order valence-electron chi connectivity index (χ3n) is 3.28. The van der Waals surface area contributed by atoms with Crippen molar-refractivity contribution in [1.82, 2.24) is 5.32 Å². The lowest BCUT2D eigenvalue weighted by molar-refractivity contribution is 0.147. The van der Waals surface area contributed by atoms with E-state index in [1.54, 1.807) is 0 Å². The Balaban J connectivity index is 2.29. The van der Waals surface area contributed by atoms with Gasteiger partial charge in [0.05, 0.1) is 0 Å². The van der Waals surface area contributed by atoms with Gasteiger partial charge in [0.1, 0.15) is 5.82 Å². The number of hydrogen-bond acceptors (Lipinski definition) is 2. The molecule has 1 unspecified atom stereocenters. The molecule has 1 atom stereocenters. The molecule has 2 nitrogen and oxygen atoms in total. The van der Waals surface area contributed by atoms with E-state index in [-0.39, 0.29) is 23.9 Å². The van der Waals surface area contributed by atoms with Crippen molar-refractivity contribution in [2.75, 3.05) is 13.2 Å². The quantitative estimate of drug-likeness (QED) is 0.731. The van der Waals surface area contributed by atoms with Crippen molar-refractivity contribution in [2.24, 2.45) is 5.41 Å². The van der Waals surface area contributed by atoms with Crippen LogP contribution in [-0.2, 0) is 0 Å². The van der Waals surface area contributed by atoms with Crippen molar-refractivity contribution in [1.29, 1.82) is 0 Å². The summed E-state index contributed by atoms with van der Waals surface area (Å²) < 4.78 is 12.8. The molecule has 102 valence electrons. The zero-order valence-corrected chi connectivity index (χ0v) is 11.5. The van der Waals surface area contributed by atoms with Crippen LogP contribution in [0.4, 0.5) is 4.39 Å². The molecule has 1 rings (SSSR count). The van der Waals surface area contributed by atoms with E-state index in [2.05, 4.69) is 26.1 Å². The maximum atomic E-state index is 12.8. The Bertz CT molecular complexity index is 348. The molecule has 3 heteroatoms. The van der Waals surface area contributed by atoms with Crippen LogP contribution in [0.15, 0.2) is 24.3 Å². The van der Waals surface area contributed by atoms with E-state index in [0.717, 1.165) is 24.9 Å². The van der Waals surface area contributed by atoms with E-state index in [9.17, 15) is 4.39 Å². The second kappa shape index (κ2) is 6.86. The van der Waals surface area contributed by atoms with Crippen LogP contribution in [0.5, 0.6) is 0 Å². The van der Waals surface area contributed by atoms with E-state index < -0.39 is 0 Å². The van der Waals surface area contributed by atoms with Crippen LogP contribution in [0.25, 0.3) is 0 Å². The number of benzene rings is 1. The number of aliphatic hydroxyl groups is 1. The highest BCUT2D eigenvalue weighted by Gasteiger charge is 2.15. The molecule has 0 spiro atoms. The van der Waals surface area contributed by atoms with Gasteiger partial charge in [-0.15, -0.1) is 0 Å². The molecule has 0 aliphatic carbocycles. The van der Waals surface area contributed by atoms with Crippen LogP contribution in [0.3, 0.4) is 0 Å². The highest BCUT2D eigenvalue weighted by atomic mass is 19.1.